The number of carbonyl (C=O) groups is 1. The summed E-state index contributed by atoms with van der Waals surface area (Å²) in [6.45, 7) is 4.47. The Morgan fingerprint density at radius 3 is 2.46 bits per heavy atom. The molecule has 2 aromatic carbocycles. The van der Waals surface area contributed by atoms with Gasteiger partial charge < -0.3 is 15.5 Å². The van der Waals surface area contributed by atoms with E-state index in [1.165, 1.54) is 0 Å². The summed E-state index contributed by atoms with van der Waals surface area (Å²) in [5, 5.41) is 22.1. The van der Waals surface area contributed by atoms with Crippen LogP contribution < -0.4 is 5.32 Å². The fourth-order valence-corrected chi connectivity index (χ4v) is 2.77. The van der Waals surface area contributed by atoms with Crippen LogP contribution in [-0.4, -0.2) is 29.3 Å². The van der Waals surface area contributed by atoms with Gasteiger partial charge in [0.15, 0.2) is 0 Å². The molecule has 0 heterocycles. The lowest BCUT2D eigenvalue weighted by molar-refractivity contribution is -0.120. The van der Waals surface area contributed by atoms with Gasteiger partial charge in [0.05, 0.1) is 6.42 Å². The molecule has 0 aliphatic heterocycles. The number of hydrogen-bond acceptors (Lipinski definition) is 3. The van der Waals surface area contributed by atoms with Crippen LogP contribution in [0.25, 0.3) is 0 Å². The highest BCUT2D eigenvalue weighted by molar-refractivity contribution is 5.78. The number of aliphatic hydroxyl groups excluding tert-OH is 1. The van der Waals surface area contributed by atoms with Gasteiger partial charge in [0.2, 0.25) is 5.91 Å². The molecule has 1 unspecified atom stereocenters. The summed E-state index contributed by atoms with van der Waals surface area (Å²) in [4.78, 5) is 12.2. The van der Waals surface area contributed by atoms with E-state index in [0.29, 0.717) is 6.54 Å². The van der Waals surface area contributed by atoms with Crippen LogP contribution in [0.1, 0.15) is 30.9 Å². The largest absolute Gasteiger partial charge is 0.508 e. The molecule has 0 aromatic heterocycles. The number of phenolic OH excluding ortho intramolecular Hbond substituents is 1. The van der Waals surface area contributed by atoms with Crippen molar-refractivity contribution in [2.75, 3.05) is 13.2 Å². The van der Waals surface area contributed by atoms with E-state index in [9.17, 15) is 15.0 Å². The molecule has 2 rings (SSSR count). The van der Waals surface area contributed by atoms with Gasteiger partial charge >= 0.3 is 0 Å². The molecule has 0 spiro atoms. The quantitative estimate of drug-likeness (QED) is 0.732. The lowest BCUT2D eigenvalue weighted by Crippen LogP contribution is -2.37. The van der Waals surface area contributed by atoms with Crippen LogP contribution in [-0.2, 0) is 11.2 Å². The third-order valence-corrected chi connectivity index (χ3v) is 4.33. The zero-order valence-electron chi connectivity index (χ0n) is 14.2. The highest BCUT2D eigenvalue weighted by Crippen LogP contribution is 2.34. The molecule has 0 bridgehead atoms. The van der Waals surface area contributed by atoms with Gasteiger partial charge in [0.1, 0.15) is 5.75 Å². The van der Waals surface area contributed by atoms with E-state index in [1.54, 1.807) is 18.2 Å². The Labute approximate surface area is 143 Å². The highest BCUT2D eigenvalue weighted by Gasteiger charge is 2.30. The Bertz CT molecular complexity index is 668. The molecule has 4 nitrogen and oxygen atoms in total. The van der Waals surface area contributed by atoms with E-state index >= 15 is 0 Å². The first-order chi connectivity index (χ1) is 11.4. The third kappa shape index (κ3) is 4.83. The van der Waals surface area contributed by atoms with Crippen molar-refractivity contribution in [2.24, 2.45) is 5.41 Å². The molecule has 0 aliphatic rings. The molecule has 0 fully saturated rings. The molecule has 2 aromatic rings. The normalized spacial score (nSPS) is 12.6. The van der Waals surface area contributed by atoms with Crippen LogP contribution >= 0.6 is 0 Å². The fourth-order valence-electron chi connectivity index (χ4n) is 2.77. The first-order valence-corrected chi connectivity index (χ1v) is 8.13. The van der Waals surface area contributed by atoms with E-state index in [0.717, 1.165) is 11.1 Å². The van der Waals surface area contributed by atoms with Crippen molar-refractivity contribution in [1.29, 1.82) is 0 Å². The number of aliphatic hydroxyl groups is 1. The Hall–Kier alpha value is -2.33. The predicted molar refractivity (Wildman–Crippen MR) is 94.9 cm³/mol. The zero-order valence-corrected chi connectivity index (χ0v) is 14.2. The number of benzene rings is 2. The number of rotatable bonds is 7. The summed E-state index contributed by atoms with van der Waals surface area (Å²) in [6.07, 6.45) is 0.218. The monoisotopic (exact) mass is 327 g/mol. The van der Waals surface area contributed by atoms with Crippen molar-refractivity contribution in [1.82, 2.24) is 5.32 Å². The van der Waals surface area contributed by atoms with E-state index in [2.05, 4.69) is 5.32 Å². The lowest BCUT2D eigenvalue weighted by atomic mass is 9.75. The third-order valence-electron chi connectivity index (χ3n) is 4.33. The predicted octanol–water partition coefficient (Wildman–Crippen LogP) is 2.85. The molecular weight excluding hydrogens is 302 g/mol. The molecule has 24 heavy (non-hydrogen) atoms. The van der Waals surface area contributed by atoms with E-state index in [-0.39, 0.29) is 36.0 Å². The van der Waals surface area contributed by atoms with Crippen molar-refractivity contribution >= 4 is 5.91 Å². The van der Waals surface area contributed by atoms with Crippen LogP contribution in [0.5, 0.6) is 5.75 Å². The molecule has 128 valence electrons. The van der Waals surface area contributed by atoms with E-state index < -0.39 is 0 Å². The van der Waals surface area contributed by atoms with Crippen LogP contribution in [0, 0.1) is 5.41 Å². The van der Waals surface area contributed by atoms with Gasteiger partial charge in [0, 0.05) is 19.1 Å². The van der Waals surface area contributed by atoms with Crippen molar-refractivity contribution < 1.29 is 15.0 Å². The van der Waals surface area contributed by atoms with Gasteiger partial charge in [-0.3, -0.25) is 4.79 Å². The second-order valence-electron chi connectivity index (χ2n) is 6.76. The van der Waals surface area contributed by atoms with Crippen molar-refractivity contribution in [2.45, 2.75) is 26.2 Å². The molecule has 1 atom stereocenters. The summed E-state index contributed by atoms with van der Waals surface area (Å²) in [6, 6.07) is 16.6. The second kappa shape index (κ2) is 7.97. The van der Waals surface area contributed by atoms with Gasteiger partial charge in [-0.25, -0.2) is 0 Å². The standard InChI is InChI=1S/C20H25NO3/c1-20(2,14-22)18(16-8-4-3-5-9-16)13-21-19(24)12-15-7-6-10-17(23)11-15/h3-11,18,22-23H,12-14H2,1-2H3,(H,21,24). The first kappa shape index (κ1) is 18.0. The molecule has 0 aliphatic carbocycles. The molecule has 0 radical (unpaired) electrons. The number of nitrogens with one attached hydrogen (secondary N) is 1. The van der Waals surface area contributed by atoms with Crippen LogP contribution in [0.4, 0.5) is 0 Å². The summed E-state index contributed by atoms with van der Waals surface area (Å²) < 4.78 is 0. The Kier molecular flexibility index (Phi) is 5.99. The molecule has 1 amide bonds. The van der Waals surface area contributed by atoms with Gasteiger partial charge in [-0.2, -0.15) is 0 Å². The number of amides is 1. The van der Waals surface area contributed by atoms with Gasteiger partial charge in [-0.05, 0) is 28.7 Å². The number of carbonyl (C=O) groups excluding carboxylic acids is 1. The van der Waals surface area contributed by atoms with Crippen LogP contribution in [0.3, 0.4) is 0 Å². The number of phenols is 1. The molecule has 0 saturated carbocycles. The minimum atomic E-state index is -0.348. The Morgan fingerprint density at radius 2 is 1.83 bits per heavy atom. The van der Waals surface area contributed by atoms with Gasteiger partial charge in [0.25, 0.3) is 0 Å². The topological polar surface area (TPSA) is 69.6 Å². The lowest BCUT2D eigenvalue weighted by Gasteiger charge is -2.33. The summed E-state index contributed by atoms with van der Waals surface area (Å²) in [7, 11) is 0. The number of aromatic hydroxyl groups is 1. The number of hydrogen-bond donors (Lipinski definition) is 3. The second-order valence-corrected chi connectivity index (χ2v) is 6.76. The summed E-state index contributed by atoms with van der Waals surface area (Å²) >= 11 is 0. The fraction of sp³-hybridized carbons (Fsp3) is 0.350. The van der Waals surface area contributed by atoms with Gasteiger partial charge in [-0.1, -0.05) is 56.3 Å². The maximum absolute atomic E-state index is 12.2. The van der Waals surface area contributed by atoms with Crippen molar-refractivity contribution in [3.63, 3.8) is 0 Å². The van der Waals surface area contributed by atoms with E-state index in [4.69, 9.17) is 0 Å². The Balaban J connectivity index is 2.04. The average Bonchev–Trinajstić information content (AvgIpc) is 2.56. The van der Waals surface area contributed by atoms with Crippen LogP contribution in [0.15, 0.2) is 54.6 Å². The maximum Gasteiger partial charge on any atom is 0.224 e. The van der Waals surface area contributed by atoms with Crippen molar-refractivity contribution in [3.05, 3.63) is 65.7 Å². The minimum absolute atomic E-state index is 0.0110. The van der Waals surface area contributed by atoms with Crippen molar-refractivity contribution in [3.8, 4) is 5.75 Å². The minimum Gasteiger partial charge on any atom is -0.508 e. The summed E-state index contributed by atoms with van der Waals surface area (Å²) in [5.41, 5.74) is 1.51. The zero-order chi connectivity index (χ0) is 17.6. The Morgan fingerprint density at radius 1 is 1.12 bits per heavy atom. The SMILES string of the molecule is CC(C)(CO)C(CNC(=O)Cc1cccc(O)c1)c1ccccc1. The first-order valence-electron chi connectivity index (χ1n) is 8.13. The summed E-state index contributed by atoms with van der Waals surface area (Å²) in [5.74, 6) is 0.0657. The molecule has 4 heteroatoms. The smallest absolute Gasteiger partial charge is 0.224 e. The molecular formula is C20H25NO3. The van der Waals surface area contributed by atoms with E-state index in [1.807, 2.05) is 50.2 Å². The average molecular weight is 327 g/mol. The highest BCUT2D eigenvalue weighted by atomic mass is 16.3. The van der Waals surface area contributed by atoms with Crippen LogP contribution in [0.2, 0.25) is 0 Å². The molecule has 0 saturated heterocycles. The molecule has 3 N–H and O–H groups in total. The van der Waals surface area contributed by atoms with Gasteiger partial charge in [-0.15, -0.1) is 0 Å². The maximum atomic E-state index is 12.2.